The Morgan fingerprint density at radius 3 is 2.89 bits per heavy atom. The molecule has 1 fully saturated rings. The second kappa shape index (κ2) is 4.58. The van der Waals surface area contributed by atoms with Crippen molar-refractivity contribution >= 4 is 0 Å². The molecule has 0 spiro atoms. The Bertz CT molecular complexity index is 435. The highest BCUT2D eigenvalue weighted by Gasteiger charge is 2.30. The summed E-state index contributed by atoms with van der Waals surface area (Å²) in [4.78, 5) is 0. The Hall–Kier alpha value is -1.02. The Labute approximate surface area is 109 Å². The van der Waals surface area contributed by atoms with E-state index in [0.717, 1.165) is 13.0 Å². The molecule has 0 heterocycles. The molecule has 1 aromatic carbocycles. The van der Waals surface area contributed by atoms with Gasteiger partial charge in [0.1, 0.15) is 5.75 Å². The van der Waals surface area contributed by atoms with Crippen LogP contribution in [0.1, 0.15) is 56.2 Å². The van der Waals surface area contributed by atoms with E-state index in [9.17, 15) is 5.11 Å². The Kier molecular flexibility index (Phi) is 3.06. The van der Waals surface area contributed by atoms with E-state index >= 15 is 0 Å². The fraction of sp³-hybridized carbons (Fsp3) is 0.625. The Morgan fingerprint density at radius 2 is 2.11 bits per heavy atom. The number of hydrogen-bond acceptors (Lipinski definition) is 2. The van der Waals surface area contributed by atoms with Gasteiger partial charge in [-0.3, -0.25) is 0 Å². The summed E-state index contributed by atoms with van der Waals surface area (Å²) in [5.41, 5.74) is 3.23. The van der Waals surface area contributed by atoms with Crippen molar-refractivity contribution in [1.29, 1.82) is 0 Å². The highest BCUT2D eigenvalue weighted by atomic mass is 16.3. The number of phenolic OH excluding ortho intramolecular Hbond substituents is 1. The number of hydrogen-bond donors (Lipinski definition) is 2. The monoisotopic (exact) mass is 245 g/mol. The van der Waals surface area contributed by atoms with E-state index < -0.39 is 0 Å². The minimum atomic E-state index is 0.400. The predicted octanol–water partition coefficient (Wildman–Crippen LogP) is 3.55. The van der Waals surface area contributed by atoms with Gasteiger partial charge in [-0.1, -0.05) is 25.8 Å². The summed E-state index contributed by atoms with van der Waals surface area (Å²) in [7, 11) is 0. The molecule has 2 aliphatic carbocycles. The first-order chi connectivity index (χ1) is 8.66. The van der Waals surface area contributed by atoms with Crippen LogP contribution >= 0.6 is 0 Å². The first-order valence-electron chi connectivity index (χ1n) is 7.22. The van der Waals surface area contributed by atoms with Crippen molar-refractivity contribution in [3.05, 3.63) is 29.3 Å². The number of benzene rings is 1. The van der Waals surface area contributed by atoms with Gasteiger partial charge in [0, 0.05) is 12.6 Å². The van der Waals surface area contributed by atoms with Gasteiger partial charge in [0.15, 0.2) is 0 Å². The van der Waals surface area contributed by atoms with Crippen LogP contribution in [-0.4, -0.2) is 11.7 Å². The van der Waals surface area contributed by atoms with Crippen LogP contribution in [0.2, 0.25) is 0 Å². The number of fused-ring (bicyclic) bond motifs is 1. The maximum Gasteiger partial charge on any atom is 0.115 e. The van der Waals surface area contributed by atoms with Crippen molar-refractivity contribution in [2.45, 2.75) is 51.5 Å². The summed E-state index contributed by atoms with van der Waals surface area (Å²) in [6, 6.07) is 6.33. The summed E-state index contributed by atoms with van der Waals surface area (Å²) >= 11 is 0. The lowest BCUT2D eigenvalue weighted by atomic mass is 9.88. The maximum absolute atomic E-state index is 9.51. The second-order valence-electron chi connectivity index (χ2n) is 6.37. The van der Waals surface area contributed by atoms with Gasteiger partial charge in [-0.05, 0) is 54.4 Å². The van der Waals surface area contributed by atoms with Crippen LogP contribution in [0.5, 0.6) is 5.75 Å². The molecule has 0 amide bonds. The third kappa shape index (κ3) is 2.26. The van der Waals surface area contributed by atoms with Crippen LogP contribution in [-0.2, 0) is 6.42 Å². The number of aromatic hydroxyl groups is 1. The average Bonchev–Trinajstić information content (AvgIpc) is 2.93. The molecule has 18 heavy (non-hydrogen) atoms. The lowest BCUT2D eigenvalue weighted by molar-refractivity contribution is 0.297. The SMILES string of the molecule is CC1(CNC2CCc3cc(O)ccc32)CCCC1. The smallest absolute Gasteiger partial charge is 0.115 e. The van der Waals surface area contributed by atoms with Crippen LogP contribution in [0.3, 0.4) is 0 Å². The van der Waals surface area contributed by atoms with Crippen LogP contribution in [0.25, 0.3) is 0 Å². The molecule has 2 nitrogen and oxygen atoms in total. The van der Waals surface area contributed by atoms with Crippen molar-refractivity contribution in [3.8, 4) is 5.75 Å². The summed E-state index contributed by atoms with van der Waals surface area (Å²) in [5.74, 6) is 0.400. The van der Waals surface area contributed by atoms with Crippen molar-refractivity contribution < 1.29 is 5.11 Å². The lowest BCUT2D eigenvalue weighted by Crippen LogP contribution is -2.31. The molecule has 3 rings (SSSR count). The van der Waals surface area contributed by atoms with Crippen LogP contribution in [0.4, 0.5) is 0 Å². The van der Waals surface area contributed by atoms with E-state index in [1.165, 1.54) is 43.2 Å². The van der Waals surface area contributed by atoms with E-state index in [4.69, 9.17) is 0 Å². The van der Waals surface area contributed by atoms with Crippen molar-refractivity contribution in [2.24, 2.45) is 5.41 Å². The van der Waals surface area contributed by atoms with Gasteiger partial charge in [0.2, 0.25) is 0 Å². The third-order valence-electron chi connectivity index (χ3n) is 4.79. The molecule has 2 aliphatic rings. The zero-order chi connectivity index (χ0) is 12.6. The van der Waals surface area contributed by atoms with E-state index in [1.807, 2.05) is 12.1 Å². The Balaban J connectivity index is 1.66. The van der Waals surface area contributed by atoms with Crippen molar-refractivity contribution in [1.82, 2.24) is 5.32 Å². The van der Waals surface area contributed by atoms with Gasteiger partial charge in [-0.2, -0.15) is 0 Å². The average molecular weight is 245 g/mol. The summed E-state index contributed by atoms with van der Waals surface area (Å²) in [5, 5.41) is 13.3. The molecule has 0 saturated heterocycles. The molecule has 0 bridgehead atoms. The lowest BCUT2D eigenvalue weighted by Gasteiger charge is -2.26. The fourth-order valence-electron chi connectivity index (χ4n) is 3.59. The van der Waals surface area contributed by atoms with Gasteiger partial charge >= 0.3 is 0 Å². The van der Waals surface area contributed by atoms with Crippen molar-refractivity contribution in [2.75, 3.05) is 6.54 Å². The molecule has 0 radical (unpaired) electrons. The van der Waals surface area contributed by atoms with E-state index in [0.29, 0.717) is 17.2 Å². The predicted molar refractivity (Wildman–Crippen MR) is 73.7 cm³/mol. The zero-order valence-electron chi connectivity index (χ0n) is 11.2. The first kappa shape index (κ1) is 12.0. The normalized spacial score (nSPS) is 25.3. The van der Waals surface area contributed by atoms with Gasteiger partial charge < -0.3 is 10.4 Å². The molecule has 1 aromatic rings. The van der Waals surface area contributed by atoms with Crippen LogP contribution in [0, 0.1) is 5.41 Å². The van der Waals surface area contributed by atoms with E-state index in [-0.39, 0.29) is 0 Å². The molecule has 2 N–H and O–H groups in total. The van der Waals surface area contributed by atoms with Gasteiger partial charge in [0.25, 0.3) is 0 Å². The molecule has 1 saturated carbocycles. The van der Waals surface area contributed by atoms with Gasteiger partial charge in [0.05, 0.1) is 0 Å². The van der Waals surface area contributed by atoms with E-state index in [2.05, 4.69) is 18.3 Å². The highest BCUT2D eigenvalue weighted by molar-refractivity contribution is 5.40. The number of nitrogens with one attached hydrogen (secondary N) is 1. The first-order valence-corrected chi connectivity index (χ1v) is 7.22. The second-order valence-corrected chi connectivity index (χ2v) is 6.37. The molecule has 0 aliphatic heterocycles. The van der Waals surface area contributed by atoms with Crippen LogP contribution in [0.15, 0.2) is 18.2 Å². The number of phenols is 1. The molecule has 1 atom stereocenters. The van der Waals surface area contributed by atoms with Crippen molar-refractivity contribution in [3.63, 3.8) is 0 Å². The molecule has 1 unspecified atom stereocenters. The zero-order valence-corrected chi connectivity index (χ0v) is 11.2. The molecule has 0 aromatic heterocycles. The minimum absolute atomic E-state index is 0.400. The molecular weight excluding hydrogens is 222 g/mol. The summed E-state index contributed by atoms with van der Waals surface area (Å²) < 4.78 is 0. The number of rotatable bonds is 3. The third-order valence-corrected chi connectivity index (χ3v) is 4.79. The summed E-state index contributed by atoms with van der Waals surface area (Å²) in [6.45, 7) is 3.55. The summed E-state index contributed by atoms with van der Waals surface area (Å²) in [6.07, 6.45) is 7.80. The maximum atomic E-state index is 9.51. The van der Waals surface area contributed by atoms with Gasteiger partial charge in [-0.25, -0.2) is 0 Å². The number of aryl methyl sites for hydroxylation is 1. The molecule has 2 heteroatoms. The molecule has 98 valence electrons. The quantitative estimate of drug-likeness (QED) is 0.853. The fourth-order valence-corrected chi connectivity index (χ4v) is 3.59. The van der Waals surface area contributed by atoms with E-state index in [1.54, 1.807) is 0 Å². The largest absolute Gasteiger partial charge is 0.508 e. The van der Waals surface area contributed by atoms with Crippen LogP contribution < -0.4 is 5.32 Å². The van der Waals surface area contributed by atoms with Gasteiger partial charge in [-0.15, -0.1) is 0 Å². The standard InChI is InChI=1S/C16H23NO/c1-16(8-2-3-9-16)11-17-15-7-4-12-10-13(18)5-6-14(12)15/h5-6,10,15,17-18H,2-4,7-9,11H2,1H3. The topological polar surface area (TPSA) is 32.3 Å². The minimum Gasteiger partial charge on any atom is -0.508 e. The highest BCUT2D eigenvalue weighted by Crippen LogP contribution is 2.39. The molecular formula is C16H23NO. The Morgan fingerprint density at radius 1 is 1.33 bits per heavy atom.